The molecule has 0 fully saturated rings. The maximum atomic E-state index is 13.5. The standard InChI is InChI=1S/C25H25NO4/c1-25(19-11-5-3-6-12-19,20-13-7-4-8-14-20)24(29)26-22(23(27)28)17-18-10-9-15-21(16-18)30-2/h3-16,22H,17H2,1-2H3,(H,26,29)(H,27,28)/t22-/m0/s1. The highest BCUT2D eigenvalue weighted by Gasteiger charge is 2.39. The van der Waals surface area contributed by atoms with Gasteiger partial charge in [-0.1, -0.05) is 72.8 Å². The number of rotatable bonds is 8. The van der Waals surface area contributed by atoms with Gasteiger partial charge in [-0.15, -0.1) is 0 Å². The maximum absolute atomic E-state index is 13.5. The third kappa shape index (κ3) is 4.51. The number of carboxylic acid groups (broad SMARTS) is 1. The Bertz CT molecular complexity index is 962. The van der Waals surface area contributed by atoms with Gasteiger partial charge in [0.25, 0.3) is 0 Å². The summed E-state index contributed by atoms with van der Waals surface area (Å²) < 4.78 is 5.21. The molecule has 0 radical (unpaired) electrons. The molecule has 0 heterocycles. The summed E-state index contributed by atoms with van der Waals surface area (Å²) in [5, 5.41) is 12.5. The Labute approximate surface area is 176 Å². The summed E-state index contributed by atoms with van der Waals surface area (Å²) in [6.07, 6.45) is 0.151. The number of carbonyl (C=O) groups excluding carboxylic acids is 1. The Hall–Kier alpha value is -3.60. The second-order valence-electron chi connectivity index (χ2n) is 7.28. The molecule has 30 heavy (non-hydrogen) atoms. The molecule has 3 aromatic rings. The monoisotopic (exact) mass is 403 g/mol. The molecule has 5 nitrogen and oxygen atoms in total. The number of aliphatic carboxylic acids is 1. The Morgan fingerprint density at radius 2 is 1.50 bits per heavy atom. The molecule has 0 aromatic heterocycles. The number of benzene rings is 3. The third-order valence-corrected chi connectivity index (χ3v) is 5.33. The van der Waals surface area contributed by atoms with Gasteiger partial charge < -0.3 is 15.2 Å². The first-order chi connectivity index (χ1) is 14.4. The van der Waals surface area contributed by atoms with Gasteiger partial charge in [0.1, 0.15) is 11.8 Å². The van der Waals surface area contributed by atoms with Crippen LogP contribution in [0.3, 0.4) is 0 Å². The van der Waals surface area contributed by atoms with Crippen molar-refractivity contribution in [3.05, 3.63) is 102 Å². The lowest BCUT2D eigenvalue weighted by atomic mass is 9.75. The molecule has 3 aromatic carbocycles. The SMILES string of the molecule is COc1cccc(C[C@H](NC(=O)C(C)(c2ccccc2)c2ccccc2)C(=O)O)c1. The van der Waals surface area contributed by atoms with Crippen LogP contribution in [0.15, 0.2) is 84.9 Å². The molecule has 0 aliphatic heterocycles. The number of nitrogens with one attached hydrogen (secondary N) is 1. The van der Waals surface area contributed by atoms with Gasteiger partial charge in [-0.25, -0.2) is 4.79 Å². The van der Waals surface area contributed by atoms with E-state index < -0.39 is 17.4 Å². The average molecular weight is 403 g/mol. The van der Waals surface area contributed by atoms with Crippen LogP contribution in [-0.4, -0.2) is 30.1 Å². The highest BCUT2D eigenvalue weighted by atomic mass is 16.5. The molecular weight excluding hydrogens is 378 g/mol. The highest BCUT2D eigenvalue weighted by molar-refractivity contribution is 5.94. The number of ether oxygens (including phenoxy) is 1. The van der Waals surface area contributed by atoms with Crippen LogP contribution >= 0.6 is 0 Å². The summed E-state index contributed by atoms with van der Waals surface area (Å²) in [5.74, 6) is -0.814. The van der Waals surface area contributed by atoms with Crippen molar-refractivity contribution in [1.29, 1.82) is 0 Å². The van der Waals surface area contributed by atoms with Crippen molar-refractivity contribution in [2.75, 3.05) is 7.11 Å². The lowest BCUT2D eigenvalue weighted by Crippen LogP contribution is -2.50. The second kappa shape index (κ2) is 9.27. The molecule has 0 aliphatic carbocycles. The van der Waals surface area contributed by atoms with Gasteiger partial charge >= 0.3 is 5.97 Å². The fourth-order valence-corrected chi connectivity index (χ4v) is 3.51. The number of amides is 1. The molecule has 0 saturated carbocycles. The van der Waals surface area contributed by atoms with Crippen molar-refractivity contribution >= 4 is 11.9 Å². The number of carbonyl (C=O) groups is 2. The van der Waals surface area contributed by atoms with Crippen molar-refractivity contribution in [1.82, 2.24) is 5.32 Å². The van der Waals surface area contributed by atoms with E-state index in [2.05, 4.69) is 5.32 Å². The Kier molecular flexibility index (Phi) is 6.52. The second-order valence-corrected chi connectivity index (χ2v) is 7.28. The van der Waals surface area contributed by atoms with Crippen molar-refractivity contribution in [3.63, 3.8) is 0 Å². The van der Waals surface area contributed by atoms with Gasteiger partial charge in [-0.05, 0) is 35.7 Å². The number of carboxylic acids is 1. The predicted molar refractivity (Wildman–Crippen MR) is 116 cm³/mol. The lowest BCUT2D eigenvalue weighted by molar-refractivity contribution is -0.142. The van der Waals surface area contributed by atoms with Gasteiger partial charge in [0.05, 0.1) is 12.5 Å². The Morgan fingerprint density at radius 3 is 2.00 bits per heavy atom. The zero-order chi connectivity index (χ0) is 21.6. The Morgan fingerprint density at radius 1 is 0.933 bits per heavy atom. The molecule has 1 atom stereocenters. The fraction of sp³-hybridized carbons (Fsp3) is 0.200. The normalized spacial score (nSPS) is 12.1. The minimum atomic E-state index is -1.09. The van der Waals surface area contributed by atoms with E-state index in [9.17, 15) is 14.7 Å². The minimum Gasteiger partial charge on any atom is -0.497 e. The first kappa shape index (κ1) is 21.1. The summed E-state index contributed by atoms with van der Waals surface area (Å²) in [5.41, 5.74) is 1.31. The van der Waals surface area contributed by atoms with Crippen LogP contribution in [0.25, 0.3) is 0 Å². The molecule has 3 rings (SSSR count). The van der Waals surface area contributed by atoms with Crippen LogP contribution in [0.4, 0.5) is 0 Å². The van der Waals surface area contributed by atoms with E-state index in [0.717, 1.165) is 16.7 Å². The van der Waals surface area contributed by atoms with Crippen molar-refractivity contribution in [2.45, 2.75) is 24.8 Å². The van der Waals surface area contributed by atoms with Crippen molar-refractivity contribution in [3.8, 4) is 5.75 Å². The molecule has 0 spiro atoms. The zero-order valence-corrected chi connectivity index (χ0v) is 17.0. The topological polar surface area (TPSA) is 75.6 Å². The maximum Gasteiger partial charge on any atom is 0.326 e. The molecule has 5 heteroatoms. The third-order valence-electron chi connectivity index (χ3n) is 5.33. The summed E-state index contributed by atoms with van der Waals surface area (Å²) >= 11 is 0. The molecule has 0 bridgehead atoms. The van der Waals surface area contributed by atoms with Crippen molar-refractivity contribution < 1.29 is 19.4 Å². The quantitative estimate of drug-likeness (QED) is 0.600. The van der Waals surface area contributed by atoms with E-state index in [4.69, 9.17) is 4.74 Å². The molecule has 154 valence electrons. The van der Waals surface area contributed by atoms with Gasteiger partial charge in [0.15, 0.2) is 0 Å². The summed E-state index contributed by atoms with van der Waals surface area (Å²) in [4.78, 5) is 25.4. The van der Waals surface area contributed by atoms with Crippen LogP contribution in [0.1, 0.15) is 23.6 Å². The van der Waals surface area contributed by atoms with Crippen LogP contribution in [0.2, 0.25) is 0 Å². The minimum absolute atomic E-state index is 0.151. The molecule has 0 aliphatic rings. The number of hydrogen-bond acceptors (Lipinski definition) is 3. The summed E-state index contributed by atoms with van der Waals surface area (Å²) in [6.45, 7) is 1.82. The van der Waals surface area contributed by atoms with E-state index in [0.29, 0.717) is 5.75 Å². The van der Waals surface area contributed by atoms with Crippen LogP contribution in [0, 0.1) is 0 Å². The first-order valence-electron chi connectivity index (χ1n) is 9.73. The zero-order valence-electron chi connectivity index (χ0n) is 17.0. The van der Waals surface area contributed by atoms with Crippen LogP contribution in [0.5, 0.6) is 5.75 Å². The molecule has 1 amide bonds. The smallest absolute Gasteiger partial charge is 0.326 e. The molecule has 0 unspecified atom stereocenters. The fourth-order valence-electron chi connectivity index (χ4n) is 3.51. The first-order valence-corrected chi connectivity index (χ1v) is 9.73. The van der Waals surface area contributed by atoms with E-state index in [-0.39, 0.29) is 12.3 Å². The summed E-state index contributed by atoms with van der Waals surface area (Å²) in [6, 6.07) is 24.9. The van der Waals surface area contributed by atoms with Gasteiger partial charge in [0.2, 0.25) is 5.91 Å². The predicted octanol–water partition coefficient (Wildman–Crippen LogP) is 3.81. The van der Waals surface area contributed by atoms with Crippen LogP contribution < -0.4 is 10.1 Å². The number of methoxy groups -OCH3 is 1. The molecule has 2 N–H and O–H groups in total. The largest absolute Gasteiger partial charge is 0.497 e. The average Bonchev–Trinajstić information content (AvgIpc) is 2.79. The van der Waals surface area contributed by atoms with Crippen LogP contribution in [-0.2, 0) is 21.4 Å². The van der Waals surface area contributed by atoms with E-state index >= 15 is 0 Å². The summed E-state index contributed by atoms with van der Waals surface area (Å²) in [7, 11) is 1.56. The molecular formula is C25H25NO4. The van der Waals surface area contributed by atoms with E-state index in [1.54, 1.807) is 25.3 Å². The van der Waals surface area contributed by atoms with E-state index in [1.807, 2.05) is 73.7 Å². The van der Waals surface area contributed by atoms with Gasteiger partial charge in [-0.3, -0.25) is 4.79 Å². The molecule has 0 saturated heterocycles. The Balaban J connectivity index is 1.92. The lowest BCUT2D eigenvalue weighted by Gasteiger charge is -2.31. The van der Waals surface area contributed by atoms with Crippen molar-refractivity contribution in [2.24, 2.45) is 0 Å². The van der Waals surface area contributed by atoms with Gasteiger partial charge in [-0.2, -0.15) is 0 Å². The van der Waals surface area contributed by atoms with E-state index in [1.165, 1.54) is 0 Å². The number of hydrogen-bond donors (Lipinski definition) is 2. The highest BCUT2D eigenvalue weighted by Crippen LogP contribution is 2.32. The van der Waals surface area contributed by atoms with Gasteiger partial charge in [0, 0.05) is 6.42 Å².